The van der Waals surface area contributed by atoms with E-state index in [1.807, 2.05) is 4.90 Å². The maximum atomic E-state index is 12.8. The number of nitrogens with one attached hydrogen (secondary N) is 1. The lowest BCUT2D eigenvalue weighted by Crippen LogP contribution is -2.55. The first kappa shape index (κ1) is 17.0. The van der Waals surface area contributed by atoms with Crippen molar-refractivity contribution in [2.45, 2.75) is 37.7 Å². The molecule has 8 heteroatoms. The fourth-order valence-electron chi connectivity index (χ4n) is 4.08. The molecular weight excluding hydrogens is 332 g/mol. The van der Waals surface area contributed by atoms with Crippen molar-refractivity contribution in [3.8, 4) is 0 Å². The molecule has 0 aromatic carbocycles. The lowest BCUT2D eigenvalue weighted by Gasteiger charge is -2.41. The van der Waals surface area contributed by atoms with Crippen LogP contribution in [0, 0.1) is 0 Å². The molecule has 4 rings (SSSR count). The number of aryl methyl sites for hydroxylation is 1. The number of β-amino-alcohol motifs (C(OH)–C–C–N with tert-alkyl or cyclic N) is 1. The van der Waals surface area contributed by atoms with Crippen molar-refractivity contribution in [3.05, 3.63) is 35.5 Å². The predicted octanol–water partition coefficient (Wildman–Crippen LogP) is 0.792. The van der Waals surface area contributed by atoms with E-state index < -0.39 is 5.60 Å². The third-order valence-corrected chi connectivity index (χ3v) is 5.32. The van der Waals surface area contributed by atoms with E-state index in [0.29, 0.717) is 18.7 Å². The molecule has 3 heterocycles. The Kier molecular flexibility index (Phi) is 4.36. The molecule has 26 heavy (non-hydrogen) atoms. The summed E-state index contributed by atoms with van der Waals surface area (Å²) in [6, 6.07) is 0. The number of aromatic amines is 1. The number of likely N-dealkylation sites (N-methyl/N-ethyl adjacent to an activating group) is 1. The average molecular weight is 356 g/mol. The van der Waals surface area contributed by atoms with Gasteiger partial charge in [-0.05, 0) is 32.1 Å². The minimum Gasteiger partial charge on any atom is -0.386 e. The van der Waals surface area contributed by atoms with Gasteiger partial charge in [0.15, 0.2) is 5.69 Å². The van der Waals surface area contributed by atoms with Crippen molar-refractivity contribution < 1.29 is 9.90 Å². The predicted molar refractivity (Wildman–Crippen MR) is 96.0 cm³/mol. The van der Waals surface area contributed by atoms with Gasteiger partial charge < -0.3 is 14.9 Å². The number of piperidine rings is 1. The summed E-state index contributed by atoms with van der Waals surface area (Å²) in [7, 11) is 1.73. The van der Waals surface area contributed by atoms with Gasteiger partial charge in [-0.25, -0.2) is 4.98 Å². The van der Waals surface area contributed by atoms with E-state index in [0.717, 1.165) is 49.3 Å². The lowest BCUT2D eigenvalue weighted by atomic mass is 9.92. The number of rotatable bonds is 4. The number of hydrogen-bond donors (Lipinski definition) is 2. The van der Waals surface area contributed by atoms with Crippen LogP contribution >= 0.6 is 0 Å². The van der Waals surface area contributed by atoms with Gasteiger partial charge in [0.1, 0.15) is 5.82 Å². The quantitative estimate of drug-likeness (QED) is 0.841. The highest BCUT2D eigenvalue weighted by Crippen LogP contribution is 2.27. The number of H-pyrrole nitrogens is 1. The summed E-state index contributed by atoms with van der Waals surface area (Å²) in [4.78, 5) is 24.9. The maximum Gasteiger partial charge on any atom is 0.274 e. The Morgan fingerprint density at radius 1 is 1.38 bits per heavy atom. The summed E-state index contributed by atoms with van der Waals surface area (Å²) in [6.45, 7) is 1.53. The number of amides is 1. The van der Waals surface area contributed by atoms with Crippen LogP contribution in [0.1, 0.15) is 41.0 Å². The highest BCUT2D eigenvalue weighted by Gasteiger charge is 2.37. The number of carbonyl (C=O) groups is 1. The number of aromatic nitrogens is 4. The second-order valence-electron chi connectivity index (χ2n) is 7.36. The van der Waals surface area contributed by atoms with Gasteiger partial charge in [0.25, 0.3) is 5.91 Å². The molecule has 2 aromatic heterocycles. The van der Waals surface area contributed by atoms with Crippen LogP contribution in [0.5, 0.6) is 0 Å². The molecule has 2 N–H and O–H groups in total. The Bertz CT molecular complexity index is 792. The molecule has 1 saturated heterocycles. The molecular formula is C18H24N6O2. The van der Waals surface area contributed by atoms with Gasteiger partial charge in [0, 0.05) is 43.8 Å². The van der Waals surface area contributed by atoms with Crippen LogP contribution in [0.4, 0.5) is 5.82 Å². The van der Waals surface area contributed by atoms with Gasteiger partial charge in [0.05, 0.1) is 18.3 Å². The van der Waals surface area contributed by atoms with E-state index in [-0.39, 0.29) is 12.5 Å². The zero-order valence-corrected chi connectivity index (χ0v) is 15.0. The Morgan fingerprint density at radius 3 is 3.08 bits per heavy atom. The monoisotopic (exact) mass is 356 g/mol. The first-order chi connectivity index (χ1) is 12.6. The first-order valence-corrected chi connectivity index (χ1v) is 9.11. The first-order valence-electron chi connectivity index (χ1n) is 9.11. The molecule has 0 saturated carbocycles. The second kappa shape index (κ2) is 6.68. The summed E-state index contributed by atoms with van der Waals surface area (Å²) in [5, 5.41) is 18.3. The maximum absolute atomic E-state index is 12.8. The molecule has 138 valence electrons. The molecule has 1 amide bonds. The largest absolute Gasteiger partial charge is 0.386 e. The second-order valence-corrected chi connectivity index (χ2v) is 7.36. The van der Waals surface area contributed by atoms with Crippen molar-refractivity contribution in [2.24, 2.45) is 0 Å². The fraction of sp³-hybridized carbons (Fsp3) is 0.556. The molecule has 2 aromatic rings. The van der Waals surface area contributed by atoms with Crippen molar-refractivity contribution >= 4 is 11.7 Å². The number of hydrogen-bond acceptors (Lipinski definition) is 6. The van der Waals surface area contributed by atoms with Gasteiger partial charge in [-0.3, -0.25) is 14.9 Å². The van der Waals surface area contributed by atoms with Crippen LogP contribution < -0.4 is 4.90 Å². The number of carbonyl (C=O) groups excluding carboxylic acids is 1. The highest BCUT2D eigenvalue weighted by atomic mass is 16.3. The van der Waals surface area contributed by atoms with Crippen molar-refractivity contribution in [1.82, 2.24) is 25.1 Å². The number of nitrogens with zero attached hydrogens (tertiary/aromatic N) is 5. The number of fused-ring (bicyclic) bond motifs is 1. The Hall–Kier alpha value is -2.48. The third kappa shape index (κ3) is 3.16. The van der Waals surface area contributed by atoms with Crippen LogP contribution in [0.15, 0.2) is 18.6 Å². The number of anilines is 1. The minimum absolute atomic E-state index is 0.130. The molecule has 1 aliphatic carbocycles. The topological polar surface area (TPSA) is 98.2 Å². The lowest BCUT2D eigenvalue weighted by molar-refractivity contribution is -0.000320. The minimum atomic E-state index is -0.973. The molecule has 0 spiro atoms. The molecule has 2 aliphatic rings. The molecule has 0 radical (unpaired) electrons. The Balaban J connectivity index is 1.45. The molecule has 8 nitrogen and oxygen atoms in total. The number of aliphatic hydroxyl groups is 1. The van der Waals surface area contributed by atoms with Crippen LogP contribution in [0.2, 0.25) is 0 Å². The van der Waals surface area contributed by atoms with Crippen LogP contribution in [-0.2, 0) is 12.8 Å². The van der Waals surface area contributed by atoms with Gasteiger partial charge in [-0.2, -0.15) is 5.10 Å². The van der Waals surface area contributed by atoms with Crippen LogP contribution in [0.25, 0.3) is 0 Å². The summed E-state index contributed by atoms with van der Waals surface area (Å²) in [5.74, 6) is 0.624. The van der Waals surface area contributed by atoms with Gasteiger partial charge in [0.2, 0.25) is 0 Å². The molecule has 1 atom stereocenters. The van der Waals surface area contributed by atoms with E-state index in [1.165, 1.54) is 0 Å². The summed E-state index contributed by atoms with van der Waals surface area (Å²) < 4.78 is 0. The standard InChI is InChI=1S/C18H24N6O2/c1-23(17(25)16-13-4-2-5-14(13)21-22-16)11-18(26)6-3-9-24(12-18)15-10-19-7-8-20-15/h7-8,10,26H,2-6,9,11-12H2,1H3,(H,21,22)/t18-/m1/s1. The van der Waals surface area contributed by atoms with E-state index in [9.17, 15) is 9.90 Å². The molecule has 1 fully saturated rings. The zero-order chi connectivity index (χ0) is 18.1. The van der Waals surface area contributed by atoms with E-state index in [4.69, 9.17) is 0 Å². The van der Waals surface area contributed by atoms with Gasteiger partial charge >= 0.3 is 0 Å². The van der Waals surface area contributed by atoms with E-state index in [1.54, 1.807) is 30.5 Å². The highest BCUT2D eigenvalue weighted by molar-refractivity contribution is 5.94. The zero-order valence-electron chi connectivity index (χ0n) is 15.0. The SMILES string of the molecule is CN(C[C@]1(O)CCCN(c2cnccn2)C1)C(=O)c1n[nH]c2c1CCC2. The third-order valence-electron chi connectivity index (χ3n) is 5.32. The van der Waals surface area contributed by atoms with Crippen LogP contribution in [-0.4, -0.2) is 68.4 Å². The fourth-order valence-corrected chi connectivity index (χ4v) is 4.08. The van der Waals surface area contributed by atoms with Gasteiger partial charge in [-0.15, -0.1) is 0 Å². The molecule has 1 aliphatic heterocycles. The van der Waals surface area contributed by atoms with E-state index >= 15 is 0 Å². The van der Waals surface area contributed by atoms with Gasteiger partial charge in [-0.1, -0.05) is 0 Å². The van der Waals surface area contributed by atoms with Crippen molar-refractivity contribution in [1.29, 1.82) is 0 Å². The summed E-state index contributed by atoms with van der Waals surface area (Å²) >= 11 is 0. The van der Waals surface area contributed by atoms with Crippen molar-refractivity contribution in [3.63, 3.8) is 0 Å². The Morgan fingerprint density at radius 2 is 2.27 bits per heavy atom. The van der Waals surface area contributed by atoms with E-state index in [2.05, 4.69) is 20.2 Å². The Labute approximate surface area is 152 Å². The molecule has 0 unspecified atom stereocenters. The summed E-state index contributed by atoms with van der Waals surface area (Å²) in [6.07, 6.45) is 9.39. The smallest absolute Gasteiger partial charge is 0.274 e. The van der Waals surface area contributed by atoms with Crippen molar-refractivity contribution in [2.75, 3.05) is 31.6 Å². The molecule has 0 bridgehead atoms. The van der Waals surface area contributed by atoms with Crippen LogP contribution in [0.3, 0.4) is 0 Å². The normalized spacial score (nSPS) is 22.3. The average Bonchev–Trinajstić information content (AvgIpc) is 3.25. The summed E-state index contributed by atoms with van der Waals surface area (Å²) in [5.41, 5.74) is 1.65.